The van der Waals surface area contributed by atoms with Gasteiger partial charge in [-0.05, 0) is 29.8 Å². The Morgan fingerprint density at radius 3 is 2.52 bits per heavy atom. The summed E-state index contributed by atoms with van der Waals surface area (Å²) in [7, 11) is 4.47. The molecular weight excluding hydrogens is 381 g/mol. The van der Waals surface area contributed by atoms with Crippen LogP contribution in [0.5, 0.6) is 17.2 Å². The average molecular weight is 405 g/mol. The average Bonchev–Trinajstić information content (AvgIpc) is 2.77. The fourth-order valence-corrected chi connectivity index (χ4v) is 3.50. The molecule has 1 heterocycles. The van der Waals surface area contributed by atoms with Crippen LogP contribution in [0, 0.1) is 5.82 Å². The minimum atomic E-state index is -0.674. The molecule has 1 fully saturated rings. The maximum atomic E-state index is 14.5. The number of ether oxygens (including phenoxy) is 4. The molecule has 2 aromatic rings. The van der Waals surface area contributed by atoms with E-state index in [1.54, 1.807) is 18.2 Å². The van der Waals surface area contributed by atoms with Crippen LogP contribution in [0.2, 0.25) is 0 Å². The Hall–Kier alpha value is -2.84. The molecule has 0 bridgehead atoms. The fraction of sp³-hybridized carbons (Fsp3) is 0.381. The van der Waals surface area contributed by atoms with E-state index in [-0.39, 0.29) is 25.3 Å². The maximum absolute atomic E-state index is 14.5. The van der Waals surface area contributed by atoms with Gasteiger partial charge < -0.3 is 29.0 Å². The SMILES string of the molecule is COc1ccc(C(=O)N2CCO[C@H](CO)[C@H]2c2ccc(OC)c(OC)c2)c(F)c1. The van der Waals surface area contributed by atoms with Crippen molar-refractivity contribution in [3.05, 3.63) is 53.3 Å². The van der Waals surface area contributed by atoms with Gasteiger partial charge >= 0.3 is 0 Å². The van der Waals surface area contributed by atoms with Crippen LogP contribution in [0.3, 0.4) is 0 Å². The molecule has 8 heteroatoms. The number of carbonyl (C=O) groups excluding carboxylic acids is 1. The predicted molar refractivity (Wildman–Crippen MR) is 103 cm³/mol. The summed E-state index contributed by atoms with van der Waals surface area (Å²) in [5.74, 6) is 0.174. The van der Waals surface area contributed by atoms with Crippen LogP contribution in [0.15, 0.2) is 36.4 Å². The highest BCUT2D eigenvalue weighted by molar-refractivity contribution is 5.95. The lowest BCUT2D eigenvalue weighted by molar-refractivity contribution is -0.0812. The van der Waals surface area contributed by atoms with Crippen LogP contribution >= 0.6 is 0 Å². The van der Waals surface area contributed by atoms with Gasteiger partial charge in [-0.15, -0.1) is 0 Å². The quantitative estimate of drug-likeness (QED) is 0.796. The number of hydrogen-bond donors (Lipinski definition) is 1. The topological polar surface area (TPSA) is 77.5 Å². The van der Waals surface area contributed by atoms with Gasteiger partial charge in [0, 0.05) is 12.6 Å². The zero-order valence-corrected chi connectivity index (χ0v) is 16.6. The number of benzene rings is 2. The van der Waals surface area contributed by atoms with Crippen molar-refractivity contribution in [3.63, 3.8) is 0 Å². The molecule has 1 aliphatic rings. The summed E-state index contributed by atoms with van der Waals surface area (Å²) in [6.45, 7) is 0.187. The van der Waals surface area contributed by atoms with Crippen molar-refractivity contribution in [2.24, 2.45) is 0 Å². The smallest absolute Gasteiger partial charge is 0.257 e. The third-order valence-electron chi connectivity index (χ3n) is 4.95. The van der Waals surface area contributed by atoms with E-state index in [0.29, 0.717) is 22.8 Å². The van der Waals surface area contributed by atoms with Crippen molar-refractivity contribution in [1.29, 1.82) is 0 Å². The molecule has 0 aromatic heterocycles. The van der Waals surface area contributed by atoms with E-state index in [2.05, 4.69) is 0 Å². The van der Waals surface area contributed by atoms with Crippen LogP contribution in [0.25, 0.3) is 0 Å². The number of carbonyl (C=O) groups is 1. The lowest BCUT2D eigenvalue weighted by atomic mass is 9.96. The third-order valence-corrected chi connectivity index (χ3v) is 4.95. The highest BCUT2D eigenvalue weighted by atomic mass is 19.1. The van der Waals surface area contributed by atoms with Gasteiger partial charge in [-0.1, -0.05) is 6.07 Å². The summed E-state index contributed by atoms with van der Waals surface area (Å²) in [6, 6.07) is 8.69. The molecule has 29 heavy (non-hydrogen) atoms. The number of nitrogens with zero attached hydrogens (tertiary/aromatic N) is 1. The second kappa shape index (κ2) is 9.11. The van der Waals surface area contributed by atoms with E-state index >= 15 is 0 Å². The normalized spacial score (nSPS) is 19.0. The number of halogens is 1. The number of aliphatic hydroxyl groups is 1. The minimum Gasteiger partial charge on any atom is -0.497 e. The van der Waals surface area contributed by atoms with Gasteiger partial charge in [0.25, 0.3) is 5.91 Å². The number of hydrogen-bond acceptors (Lipinski definition) is 6. The minimum absolute atomic E-state index is 0.0742. The summed E-state index contributed by atoms with van der Waals surface area (Å²) in [5.41, 5.74) is 0.610. The Labute approximate surface area is 168 Å². The Morgan fingerprint density at radius 1 is 1.14 bits per heavy atom. The van der Waals surface area contributed by atoms with Crippen LogP contribution in [-0.2, 0) is 4.74 Å². The van der Waals surface area contributed by atoms with Gasteiger partial charge in [-0.3, -0.25) is 4.79 Å². The molecule has 0 unspecified atom stereocenters. The zero-order chi connectivity index (χ0) is 21.0. The van der Waals surface area contributed by atoms with E-state index in [4.69, 9.17) is 18.9 Å². The summed E-state index contributed by atoms with van der Waals surface area (Å²) < 4.78 is 35.8. The molecule has 3 rings (SSSR count). The van der Waals surface area contributed by atoms with Crippen molar-refractivity contribution in [1.82, 2.24) is 4.90 Å². The molecule has 2 atom stereocenters. The first-order chi connectivity index (χ1) is 14.0. The summed E-state index contributed by atoms with van der Waals surface area (Å²) in [5, 5.41) is 9.83. The lowest BCUT2D eigenvalue weighted by Gasteiger charge is -2.41. The second-order valence-corrected chi connectivity index (χ2v) is 6.50. The van der Waals surface area contributed by atoms with Gasteiger partial charge in [0.1, 0.15) is 17.7 Å². The van der Waals surface area contributed by atoms with Crippen molar-refractivity contribution in [3.8, 4) is 17.2 Å². The van der Waals surface area contributed by atoms with Crippen LogP contribution < -0.4 is 14.2 Å². The fourth-order valence-electron chi connectivity index (χ4n) is 3.50. The molecule has 1 N–H and O–H groups in total. The van der Waals surface area contributed by atoms with Gasteiger partial charge in [0.15, 0.2) is 11.5 Å². The third kappa shape index (κ3) is 4.13. The van der Waals surface area contributed by atoms with Crippen LogP contribution in [0.1, 0.15) is 22.0 Å². The Balaban J connectivity index is 2.01. The van der Waals surface area contributed by atoms with Crippen LogP contribution in [-0.4, -0.2) is 63.1 Å². The summed E-state index contributed by atoms with van der Waals surface area (Å²) in [6.07, 6.45) is -0.660. The lowest BCUT2D eigenvalue weighted by Crippen LogP contribution is -2.49. The highest BCUT2D eigenvalue weighted by Crippen LogP contribution is 2.36. The highest BCUT2D eigenvalue weighted by Gasteiger charge is 2.37. The van der Waals surface area contributed by atoms with Gasteiger partial charge in [0.05, 0.1) is 46.1 Å². The number of morpholine rings is 1. The predicted octanol–water partition coefficient (Wildman–Crippen LogP) is 2.43. The molecule has 156 valence electrons. The first kappa shape index (κ1) is 20.9. The number of aliphatic hydroxyl groups excluding tert-OH is 1. The molecule has 2 aromatic carbocycles. The molecule has 7 nitrogen and oxygen atoms in total. The van der Waals surface area contributed by atoms with Crippen molar-refractivity contribution in [2.75, 3.05) is 41.1 Å². The first-order valence-electron chi connectivity index (χ1n) is 9.13. The van der Waals surface area contributed by atoms with E-state index in [0.717, 1.165) is 0 Å². The van der Waals surface area contributed by atoms with Crippen molar-refractivity contribution in [2.45, 2.75) is 12.1 Å². The number of amides is 1. The standard InChI is InChI=1S/C21H24FNO6/c1-26-14-5-6-15(16(22)11-14)21(25)23-8-9-29-19(12-24)20(23)13-4-7-17(27-2)18(10-13)28-3/h4-7,10-11,19-20,24H,8-9,12H2,1-3H3/t19-,20-/m1/s1. The van der Waals surface area contributed by atoms with E-state index in [1.807, 2.05) is 0 Å². The molecule has 1 saturated heterocycles. The summed E-state index contributed by atoms with van der Waals surface area (Å²) in [4.78, 5) is 14.7. The van der Waals surface area contributed by atoms with Crippen molar-refractivity contribution < 1.29 is 33.2 Å². The zero-order valence-electron chi connectivity index (χ0n) is 16.6. The Kier molecular flexibility index (Phi) is 6.56. The van der Waals surface area contributed by atoms with Crippen LogP contribution in [0.4, 0.5) is 4.39 Å². The van der Waals surface area contributed by atoms with Gasteiger partial charge in [-0.25, -0.2) is 4.39 Å². The molecule has 1 amide bonds. The van der Waals surface area contributed by atoms with E-state index < -0.39 is 23.9 Å². The van der Waals surface area contributed by atoms with Gasteiger partial charge in [0.2, 0.25) is 0 Å². The molecule has 0 spiro atoms. The summed E-state index contributed by atoms with van der Waals surface area (Å²) >= 11 is 0. The number of rotatable bonds is 6. The maximum Gasteiger partial charge on any atom is 0.257 e. The molecule has 0 saturated carbocycles. The Bertz CT molecular complexity index is 874. The molecule has 0 radical (unpaired) electrons. The molecule has 0 aliphatic carbocycles. The van der Waals surface area contributed by atoms with E-state index in [1.165, 1.54) is 44.4 Å². The van der Waals surface area contributed by atoms with Crippen molar-refractivity contribution >= 4 is 5.91 Å². The molecule has 1 aliphatic heterocycles. The first-order valence-corrected chi connectivity index (χ1v) is 9.13. The van der Waals surface area contributed by atoms with Gasteiger partial charge in [-0.2, -0.15) is 0 Å². The number of methoxy groups -OCH3 is 3. The molecular formula is C21H24FNO6. The largest absolute Gasteiger partial charge is 0.497 e. The Morgan fingerprint density at radius 2 is 1.90 bits per heavy atom. The van der Waals surface area contributed by atoms with E-state index in [9.17, 15) is 14.3 Å². The second-order valence-electron chi connectivity index (χ2n) is 6.50. The monoisotopic (exact) mass is 405 g/mol.